The van der Waals surface area contributed by atoms with Gasteiger partial charge in [-0.05, 0) is 32.3 Å². The molecule has 1 aliphatic rings. The number of hydrogen-bond donors (Lipinski definition) is 2. The lowest BCUT2D eigenvalue weighted by molar-refractivity contribution is 0.0447. The number of hydrogen-bond acceptors (Lipinski definition) is 3. The molecule has 0 radical (unpaired) electrons. The van der Waals surface area contributed by atoms with Crippen LogP contribution in [0.2, 0.25) is 0 Å². The van der Waals surface area contributed by atoms with E-state index in [2.05, 4.69) is 4.90 Å². The molecule has 1 aromatic rings. The van der Waals surface area contributed by atoms with Gasteiger partial charge in [-0.1, -0.05) is 25.1 Å². The van der Waals surface area contributed by atoms with Crippen LogP contribution in [0, 0.1) is 0 Å². The summed E-state index contributed by atoms with van der Waals surface area (Å²) >= 11 is 0. The fourth-order valence-corrected chi connectivity index (χ4v) is 2.70. The maximum absolute atomic E-state index is 10.2. The van der Waals surface area contributed by atoms with Crippen molar-refractivity contribution in [3.05, 3.63) is 29.8 Å². The first-order valence-electron chi connectivity index (χ1n) is 6.78. The average molecular weight is 249 g/mol. The molecule has 3 nitrogen and oxygen atoms in total. The molecule has 2 atom stereocenters. The summed E-state index contributed by atoms with van der Waals surface area (Å²) in [6.45, 7) is 5.45. The summed E-state index contributed by atoms with van der Waals surface area (Å²) in [5.74, 6) is 0. The number of aliphatic hydroxyl groups excluding tert-OH is 1. The van der Waals surface area contributed by atoms with Crippen molar-refractivity contribution in [2.24, 2.45) is 0 Å². The molecule has 1 unspecified atom stereocenters. The van der Waals surface area contributed by atoms with Gasteiger partial charge in [0.25, 0.3) is 0 Å². The number of para-hydroxylation sites is 1. The molecule has 0 spiro atoms. The van der Waals surface area contributed by atoms with E-state index in [1.807, 2.05) is 38.1 Å². The van der Waals surface area contributed by atoms with Crippen molar-refractivity contribution >= 4 is 5.69 Å². The lowest BCUT2D eigenvalue weighted by atomic mass is 9.93. The maximum atomic E-state index is 10.2. The Hall–Kier alpha value is -1.06. The third-order valence-electron chi connectivity index (χ3n) is 3.70. The molecule has 0 aliphatic carbocycles. The molecule has 0 saturated carbocycles. The number of rotatable bonds is 3. The van der Waals surface area contributed by atoms with Crippen LogP contribution in [-0.2, 0) is 0 Å². The van der Waals surface area contributed by atoms with E-state index in [-0.39, 0.29) is 0 Å². The summed E-state index contributed by atoms with van der Waals surface area (Å²) in [4.78, 5) is 2.19. The number of β-amino-alcohol motifs (C(OH)–C–C–N with tert-alkyl or cyclic N) is 1. The van der Waals surface area contributed by atoms with Gasteiger partial charge in [0.15, 0.2) is 0 Å². The highest BCUT2D eigenvalue weighted by molar-refractivity contribution is 5.55. The van der Waals surface area contributed by atoms with Crippen LogP contribution in [0.3, 0.4) is 0 Å². The predicted molar refractivity (Wildman–Crippen MR) is 73.8 cm³/mol. The molecule has 3 heteroatoms. The maximum Gasteiger partial charge on any atom is 0.0807 e. The topological polar surface area (TPSA) is 43.7 Å². The lowest BCUT2D eigenvalue weighted by Crippen LogP contribution is -2.46. The standard InChI is InChI=1S/C15H23NO2/c1-3-14(17)12-7-4-5-8-13(12)16-10-6-9-15(2,18)11-16/h4-5,7-8,14,17-18H,3,6,9-11H2,1-2H3/t14-,15?/m1/s1. The Bertz CT molecular complexity index is 403. The van der Waals surface area contributed by atoms with Gasteiger partial charge in [-0.25, -0.2) is 0 Å². The van der Waals surface area contributed by atoms with Crippen LogP contribution in [0.4, 0.5) is 5.69 Å². The summed E-state index contributed by atoms with van der Waals surface area (Å²) in [7, 11) is 0. The van der Waals surface area contributed by atoms with Gasteiger partial charge in [-0.2, -0.15) is 0 Å². The molecule has 100 valence electrons. The number of benzene rings is 1. The third kappa shape index (κ3) is 2.85. The Balaban J connectivity index is 2.27. The quantitative estimate of drug-likeness (QED) is 0.865. The Labute approximate surface area is 109 Å². The smallest absolute Gasteiger partial charge is 0.0807 e. The first kappa shape index (κ1) is 13.4. The minimum Gasteiger partial charge on any atom is -0.388 e. The second-order valence-electron chi connectivity index (χ2n) is 5.50. The zero-order valence-electron chi connectivity index (χ0n) is 11.3. The van der Waals surface area contributed by atoms with Crippen LogP contribution in [0.1, 0.15) is 44.8 Å². The summed E-state index contributed by atoms with van der Waals surface area (Å²) < 4.78 is 0. The van der Waals surface area contributed by atoms with Gasteiger partial charge in [0.05, 0.1) is 11.7 Å². The number of anilines is 1. The van der Waals surface area contributed by atoms with Gasteiger partial charge >= 0.3 is 0 Å². The minimum atomic E-state index is -0.622. The van der Waals surface area contributed by atoms with E-state index < -0.39 is 11.7 Å². The normalized spacial score (nSPS) is 26.1. The highest BCUT2D eigenvalue weighted by Crippen LogP contribution is 2.32. The second-order valence-corrected chi connectivity index (χ2v) is 5.50. The molecule has 1 saturated heterocycles. The Morgan fingerprint density at radius 1 is 1.39 bits per heavy atom. The van der Waals surface area contributed by atoms with Gasteiger partial charge in [-0.15, -0.1) is 0 Å². The first-order chi connectivity index (χ1) is 8.53. The van der Waals surface area contributed by atoms with Crippen molar-refractivity contribution in [2.45, 2.75) is 44.8 Å². The van der Waals surface area contributed by atoms with Crippen molar-refractivity contribution in [3.8, 4) is 0 Å². The van der Waals surface area contributed by atoms with E-state index >= 15 is 0 Å². The number of piperidine rings is 1. The summed E-state index contributed by atoms with van der Waals surface area (Å²) in [5.41, 5.74) is 1.41. The molecular formula is C15H23NO2. The second kappa shape index (κ2) is 5.29. The van der Waals surface area contributed by atoms with E-state index in [1.54, 1.807) is 0 Å². The lowest BCUT2D eigenvalue weighted by Gasteiger charge is -2.39. The molecule has 2 rings (SSSR count). The predicted octanol–water partition coefficient (Wildman–Crippen LogP) is 2.48. The Morgan fingerprint density at radius 2 is 2.11 bits per heavy atom. The fraction of sp³-hybridized carbons (Fsp3) is 0.600. The molecule has 1 heterocycles. The third-order valence-corrected chi connectivity index (χ3v) is 3.70. The SMILES string of the molecule is CC[C@@H](O)c1ccccc1N1CCCC(C)(O)C1. The van der Waals surface area contributed by atoms with Crippen LogP contribution >= 0.6 is 0 Å². The molecule has 1 aromatic carbocycles. The van der Waals surface area contributed by atoms with Crippen molar-refractivity contribution in [3.63, 3.8) is 0 Å². The highest BCUT2D eigenvalue weighted by atomic mass is 16.3. The average Bonchev–Trinajstić information content (AvgIpc) is 2.36. The first-order valence-corrected chi connectivity index (χ1v) is 6.78. The molecule has 0 aromatic heterocycles. The molecule has 0 amide bonds. The van der Waals surface area contributed by atoms with E-state index in [4.69, 9.17) is 0 Å². The van der Waals surface area contributed by atoms with Crippen molar-refractivity contribution < 1.29 is 10.2 Å². The van der Waals surface area contributed by atoms with E-state index in [9.17, 15) is 10.2 Å². The number of nitrogens with zero attached hydrogens (tertiary/aromatic N) is 1. The van der Waals surface area contributed by atoms with Crippen LogP contribution in [0.5, 0.6) is 0 Å². The van der Waals surface area contributed by atoms with Gasteiger partial charge in [-0.3, -0.25) is 0 Å². The molecule has 0 bridgehead atoms. The monoisotopic (exact) mass is 249 g/mol. The Kier molecular flexibility index (Phi) is 3.93. The van der Waals surface area contributed by atoms with Gasteiger partial charge in [0, 0.05) is 24.3 Å². The molecule has 18 heavy (non-hydrogen) atoms. The summed E-state index contributed by atoms with van der Waals surface area (Å²) in [6.07, 6.45) is 2.13. The summed E-state index contributed by atoms with van der Waals surface area (Å²) in [5, 5.41) is 20.3. The van der Waals surface area contributed by atoms with Gasteiger partial charge in [0.2, 0.25) is 0 Å². The van der Waals surface area contributed by atoms with Crippen molar-refractivity contribution in [1.82, 2.24) is 0 Å². The van der Waals surface area contributed by atoms with Crippen molar-refractivity contribution in [1.29, 1.82) is 0 Å². The van der Waals surface area contributed by atoms with Gasteiger partial charge < -0.3 is 15.1 Å². The molecule has 1 fully saturated rings. The van der Waals surface area contributed by atoms with Crippen LogP contribution < -0.4 is 4.90 Å². The largest absolute Gasteiger partial charge is 0.388 e. The van der Waals surface area contributed by atoms with Crippen LogP contribution in [0.25, 0.3) is 0 Å². The fourth-order valence-electron chi connectivity index (χ4n) is 2.70. The molecule has 1 aliphatic heterocycles. The zero-order valence-corrected chi connectivity index (χ0v) is 11.3. The van der Waals surface area contributed by atoms with E-state index in [1.165, 1.54) is 0 Å². The van der Waals surface area contributed by atoms with Crippen molar-refractivity contribution in [2.75, 3.05) is 18.0 Å². The van der Waals surface area contributed by atoms with Crippen LogP contribution in [-0.4, -0.2) is 28.9 Å². The van der Waals surface area contributed by atoms with Crippen LogP contribution in [0.15, 0.2) is 24.3 Å². The summed E-state index contributed by atoms with van der Waals surface area (Å²) in [6, 6.07) is 7.97. The van der Waals surface area contributed by atoms with E-state index in [0.717, 1.165) is 30.6 Å². The zero-order chi connectivity index (χ0) is 13.2. The Morgan fingerprint density at radius 3 is 2.78 bits per heavy atom. The number of aliphatic hydroxyl groups is 2. The molecule has 2 N–H and O–H groups in total. The molecular weight excluding hydrogens is 226 g/mol. The van der Waals surface area contributed by atoms with E-state index in [0.29, 0.717) is 13.0 Å². The van der Waals surface area contributed by atoms with Gasteiger partial charge in [0.1, 0.15) is 0 Å². The minimum absolute atomic E-state index is 0.423. The highest BCUT2D eigenvalue weighted by Gasteiger charge is 2.29.